The monoisotopic (exact) mass is 395 g/mol. The van der Waals surface area contributed by atoms with Crippen molar-refractivity contribution >= 4 is 28.5 Å². The van der Waals surface area contributed by atoms with Crippen LogP contribution in [0.3, 0.4) is 0 Å². The van der Waals surface area contributed by atoms with Gasteiger partial charge in [-0.3, -0.25) is 5.10 Å². The van der Waals surface area contributed by atoms with E-state index in [-0.39, 0.29) is 6.10 Å². The van der Waals surface area contributed by atoms with Crippen molar-refractivity contribution in [2.75, 3.05) is 31.6 Å². The Balaban J connectivity index is 1.77. The molecule has 3 N–H and O–H groups in total. The lowest BCUT2D eigenvalue weighted by atomic mass is 10.0. The number of nitrogens with one attached hydrogen (secondary N) is 3. The SMILES string of the molecule is CN/C=C(\C=N)c1cc2c(-c3cc(N4CCO[C@H](C)C4)ncn3)n[nH]c2cc1F. The molecule has 1 atom stereocenters. The predicted octanol–water partition coefficient (Wildman–Crippen LogP) is 2.59. The Morgan fingerprint density at radius 3 is 3.00 bits per heavy atom. The Bertz CT molecular complexity index is 1080. The fraction of sp³-hybridized carbons (Fsp3) is 0.300. The van der Waals surface area contributed by atoms with Crippen LogP contribution in [0, 0.1) is 11.2 Å². The molecule has 3 heterocycles. The van der Waals surface area contributed by atoms with Crippen LogP contribution in [0.4, 0.5) is 10.2 Å². The minimum absolute atomic E-state index is 0.136. The third-order valence-electron chi connectivity index (χ3n) is 4.88. The molecule has 0 saturated carbocycles. The van der Waals surface area contributed by atoms with Crippen LogP contribution in [0.25, 0.3) is 27.9 Å². The molecule has 1 aliphatic heterocycles. The average molecular weight is 395 g/mol. The summed E-state index contributed by atoms with van der Waals surface area (Å²) in [5.41, 5.74) is 2.58. The number of rotatable bonds is 5. The van der Waals surface area contributed by atoms with Crippen molar-refractivity contribution in [1.29, 1.82) is 5.41 Å². The second-order valence-electron chi connectivity index (χ2n) is 6.87. The first-order valence-electron chi connectivity index (χ1n) is 9.35. The Morgan fingerprint density at radius 1 is 1.38 bits per heavy atom. The fourth-order valence-electron chi connectivity index (χ4n) is 3.48. The fourth-order valence-corrected chi connectivity index (χ4v) is 3.48. The topological polar surface area (TPSA) is 103 Å². The van der Waals surface area contributed by atoms with Gasteiger partial charge in [-0.15, -0.1) is 0 Å². The molecule has 1 aromatic carbocycles. The summed E-state index contributed by atoms with van der Waals surface area (Å²) in [4.78, 5) is 10.9. The lowest BCUT2D eigenvalue weighted by Crippen LogP contribution is -2.41. The van der Waals surface area contributed by atoms with E-state index >= 15 is 0 Å². The van der Waals surface area contributed by atoms with Gasteiger partial charge in [0.25, 0.3) is 0 Å². The van der Waals surface area contributed by atoms with Crippen LogP contribution in [0.1, 0.15) is 12.5 Å². The molecule has 3 aromatic rings. The number of hydrogen-bond donors (Lipinski definition) is 3. The summed E-state index contributed by atoms with van der Waals surface area (Å²) >= 11 is 0. The highest BCUT2D eigenvalue weighted by Crippen LogP contribution is 2.30. The van der Waals surface area contributed by atoms with Gasteiger partial charge >= 0.3 is 0 Å². The van der Waals surface area contributed by atoms with Crippen LogP contribution in [0.2, 0.25) is 0 Å². The van der Waals surface area contributed by atoms with E-state index in [1.54, 1.807) is 19.3 Å². The number of benzene rings is 1. The van der Waals surface area contributed by atoms with Crippen LogP contribution in [-0.2, 0) is 4.74 Å². The number of anilines is 1. The van der Waals surface area contributed by atoms with Gasteiger partial charge in [-0.2, -0.15) is 5.10 Å². The van der Waals surface area contributed by atoms with Crippen LogP contribution in [0.15, 0.2) is 30.7 Å². The van der Waals surface area contributed by atoms with Gasteiger partial charge in [0.05, 0.1) is 23.9 Å². The van der Waals surface area contributed by atoms with E-state index in [0.29, 0.717) is 34.6 Å². The molecule has 150 valence electrons. The van der Waals surface area contributed by atoms with Gasteiger partial charge in [-0.05, 0) is 13.0 Å². The highest BCUT2D eigenvalue weighted by atomic mass is 19.1. The number of aromatic amines is 1. The summed E-state index contributed by atoms with van der Waals surface area (Å²) in [6.07, 6.45) is 4.35. The second-order valence-corrected chi connectivity index (χ2v) is 6.87. The normalized spacial score (nSPS) is 17.6. The van der Waals surface area contributed by atoms with Crippen molar-refractivity contribution in [2.24, 2.45) is 0 Å². The number of morpholine rings is 1. The largest absolute Gasteiger partial charge is 0.393 e. The number of aromatic nitrogens is 4. The molecule has 1 saturated heterocycles. The van der Waals surface area contributed by atoms with Gasteiger partial charge in [0.15, 0.2) is 0 Å². The molecule has 1 fully saturated rings. The molecular formula is C20H22FN7O. The number of ether oxygens (including phenoxy) is 1. The van der Waals surface area contributed by atoms with Crippen molar-refractivity contribution in [1.82, 2.24) is 25.5 Å². The molecule has 4 rings (SSSR count). The lowest BCUT2D eigenvalue weighted by molar-refractivity contribution is 0.0529. The van der Waals surface area contributed by atoms with E-state index in [9.17, 15) is 4.39 Å². The van der Waals surface area contributed by atoms with E-state index in [1.807, 2.05) is 13.0 Å². The van der Waals surface area contributed by atoms with Gasteiger partial charge in [-0.1, -0.05) is 0 Å². The van der Waals surface area contributed by atoms with Crippen LogP contribution in [0.5, 0.6) is 0 Å². The summed E-state index contributed by atoms with van der Waals surface area (Å²) in [5.74, 6) is 0.377. The van der Waals surface area contributed by atoms with Crippen LogP contribution in [-0.4, -0.2) is 59.2 Å². The van der Waals surface area contributed by atoms with Crippen molar-refractivity contribution in [3.63, 3.8) is 0 Å². The van der Waals surface area contributed by atoms with E-state index in [4.69, 9.17) is 10.1 Å². The molecule has 0 amide bonds. The number of halogens is 1. The maximum atomic E-state index is 14.6. The number of allylic oxidation sites excluding steroid dienone is 1. The second kappa shape index (κ2) is 7.96. The Kier molecular flexibility index (Phi) is 5.22. The molecule has 29 heavy (non-hydrogen) atoms. The summed E-state index contributed by atoms with van der Waals surface area (Å²) in [5, 5.41) is 18.4. The Labute approximate surface area is 167 Å². The van der Waals surface area contributed by atoms with E-state index in [2.05, 4.69) is 30.4 Å². The summed E-state index contributed by atoms with van der Waals surface area (Å²) in [6, 6.07) is 4.97. The third kappa shape index (κ3) is 3.68. The van der Waals surface area contributed by atoms with Crippen LogP contribution >= 0.6 is 0 Å². The van der Waals surface area contributed by atoms with Crippen molar-refractivity contribution < 1.29 is 9.13 Å². The molecule has 9 heteroatoms. The van der Waals surface area contributed by atoms with Gasteiger partial charge in [0, 0.05) is 61.2 Å². The molecule has 0 bridgehead atoms. The number of hydrogen-bond acceptors (Lipinski definition) is 7. The molecule has 0 unspecified atom stereocenters. The number of nitrogens with zero attached hydrogens (tertiary/aromatic N) is 4. The van der Waals surface area contributed by atoms with Crippen molar-refractivity contribution in [3.8, 4) is 11.4 Å². The first-order valence-corrected chi connectivity index (χ1v) is 9.35. The number of H-pyrrole nitrogens is 1. The minimum Gasteiger partial charge on any atom is -0.393 e. The molecule has 0 aliphatic carbocycles. The first kappa shape index (κ1) is 19.0. The Morgan fingerprint density at radius 2 is 2.24 bits per heavy atom. The summed E-state index contributed by atoms with van der Waals surface area (Å²) in [6.45, 7) is 4.20. The first-order chi connectivity index (χ1) is 14.1. The third-order valence-corrected chi connectivity index (χ3v) is 4.88. The standard InChI is InChI=1S/C20H22FN7O/c1-12-10-28(3-4-29-12)19-7-18(24-11-25-19)20-15-5-14(13(8-22)9-23-2)16(21)6-17(15)26-27-20/h5-9,11-12,22-23H,3-4,10H2,1-2H3,(H,26,27)/b13-9+,22-8?/t12-/m1/s1. The van der Waals surface area contributed by atoms with Crippen LogP contribution < -0.4 is 10.2 Å². The van der Waals surface area contributed by atoms with E-state index < -0.39 is 5.82 Å². The predicted molar refractivity (Wildman–Crippen MR) is 111 cm³/mol. The minimum atomic E-state index is -0.427. The van der Waals surface area contributed by atoms with Gasteiger partial charge in [0.2, 0.25) is 0 Å². The van der Waals surface area contributed by atoms with E-state index in [0.717, 1.165) is 30.5 Å². The average Bonchev–Trinajstić information content (AvgIpc) is 3.14. The smallest absolute Gasteiger partial charge is 0.133 e. The maximum absolute atomic E-state index is 14.6. The Hall–Kier alpha value is -3.33. The van der Waals surface area contributed by atoms with Gasteiger partial charge < -0.3 is 20.4 Å². The van der Waals surface area contributed by atoms with E-state index in [1.165, 1.54) is 12.4 Å². The van der Waals surface area contributed by atoms with Crippen molar-refractivity contribution in [3.05, 3.63) is 42.1 Å². The van der Waals surface area contributed by atoms with Gasteiger partial charge in [-0.25, -0.2) is 14.4 Å². The van der Waals surface area contributed by atoms with Gasteiger partial charge in [0.1, 0.15) is 23.7 Å². The zero-order valence-corrected chi connectivity index (χ0v) is 16.2. The molecule has 1 aliphatic rings. The summed E-state index contributed by atoms with van der Waals surface area (Å²) in [7, 11) is 1.71. The number of fused-ring (bicyclic) bond motifs is 1. The quantitative estimate of drug-likeness (QED) is 0.574. The molecule has 8 nitrogen and oxygen atoms in total. The van der Waals surface area contributed by atoms with Crippen molar-refractivity contribution in [2.45, 2.75) is 13.0 Å². The molecular weight excluding hydrogens is 373 g/mol. The molecule has 0 radical (unpaired) electrons. The maximum Gasteiger partial charge on any atom is 0.133 e. The zero-order valence-electron chi connectivity index (χ0n) is 16.2. The summed E-state index contributed by atoms with van der Waals surface area (Å²) < 4.78 is 20.2. The highest BCUT2D eigenvalue weighted by molar-refractivity contribution is 6.10. The molecule has 2 aromatic heterocycles. The highest BCUT2D eigenvalue weighted by Gasteiger charge is 2.20. The molecule has 0 spiro atoms. The zero-order chi connectivity index (χ0) is 20.4. The lowest BCUT2D eigenvalue weighted by Gasteiger charge is -2.31.